The molecule has 3 rings (SSSR count). The van der Waals surface area contributed by atoms with Gasteiger partial charge >= 0.3 is 0 Å². The summed E-state index contributed by atoms with van der Waals surface area (Å²) in [4.78, 5) is 15.1. The first-order chi connectivity index (χ1) is 10.8. The average Bonchev–Trinajstić information content (AvgIpc) is 2.91. The molecule has 0 radical (unpaired) electrons. The first-order valence-electron chi connectivity index (χ1n) is 7.49. The van der Waals surface area contributed by atoms with Gasteiger partial charge in [0.15, 0.2) is 0 Å². The minimum atomic E-state index is 0.386. The number of fused-ring (bicyclic) bond motifs is 1. The Balaban J connectivity index is 1.85. The first kappa shape index (κ1) is 14.8. The van der Waals surface area contributed by atoms with Crippen molar-refractivity contribution in [1.82, 2.24) is 19.5 Å². The highest BCUT2D eigenvalue weighted by Crippen LogP contribution is 2.22. The molecule has 0 saturated heterocycles. The van der Waals surface area contributed by atoms with Crippen molar-refractivity contribution in [2.24, 2.45) is 5.92 Å². The molecule has 0 unspecified atom stereocenters. The van der Waals surface area contributed by atoms with Crippen LogP contribution in [0.25, 0.3) is 0 Å². The van der Waals surface area contributed by atoms with Crippen LogP contribution in [0.3, 0.4) is 0 Å². The maximum absolute atomic E-state index is 5.63. The third kappa shape index (κ3) is 3.19. The lowest BCUT2D eigenvalue weighted by Crippen LogP contribution is -2.31. The molecule has 7 nitrogen and oxygen atoms in total. The molecular weight excluding hydrogens is 282 g/mol. The number of aromatic nitrogens is 4. The predicted molar refractivity (Wildman–Crippen MR) is 81.8 cm³/mol. The van der Waals surface area contributed by atoms with Gasteiger partial charge in [0.1, 0.15) is 18.0 Å². The molecule has 0 bridgehead atoms. The van der Waals surface area contributed by atoms with Crippen molar-refractivity contribution in [2.75, 3.05) is 31.8 Å². The smallest absolute Gasteiger partial charge is 0.218 e. The van der Waals surface area contributed by atoms with Gasteiger partial charge in [-0.2, -0.15) is 0 Å². The number of ether oxygens (including phenoxy) is 2. The second-order valence-corrected chi connectivity index (χ2v) is 5.32. The van der Waals surface area contributed by atoms with Gasteiger partial charge in [0.25, 0.3) is 0 Å². The third-order valence-corrected chi connectivity index (χ3v) is 3.79. The lowest BCUT2D eigenvalue weighted by molar-refractivity contribution is 0.107. The fourth-order valence-corrected chi connectivity index (χ4v) is 2.72. The number of nitrogens with zero attached hydrogens (tertiary/aromatic N) is 5. The lowest BCUT2D eigenvalue weighted by atomic mass is 10.1. The van der Waals surface area contributed by atoms with Gasteiger partial charge in [-0.05, 0) is 6.92 Å². The largest absolute Gasteiger partial charge is 0.481 e. The quantitative estimate of drug-likeness (QED) is 0.831. The van der Waals surface area contributed by atoms with Crippen LogP contribution in [0.1, 0.15) is 12.7 Å². The van der Waals surface area contributed by atoms with Crippen molar-refractivity contribution in [2.45, 2.75) is 20.0 Å². The van der Waals surface area contributed by atoms with Crippen LogP contribution in [-0.2, 0) is 17.8 Å². The minimum Gasteiger partial charge on any atom is -0.481 e. The van der Waals surface area contributed by atoms with E-state index in [-0.39, 0.29) is 0 Å². The average molecular weight is 303 g/mol. The summed E-state index contributed by atoms with van der Waals surface area (Å²) in [6.07, 6.45) is 5.40. The monoisotopic (exact) mass is 303 g/mol. The molecule has 3 heterocycles. The SMILES string of the molecule is CCOC[C@@H]1CN(c2cc(OC)ncn2)Cc2nccn2C1. The Bertz CT molecular complexity index is 615. The Morgan fingerprint density at radius 2 is 2.18 bits per heavy atom. The van der Waals surface area contributed by atoms with Crippen LogP contribution in [0.5, 0.6) is 5.88 Å². The van der Waals surface area contributed by atoms with E-state index in [1.165, 1.54) is 6.33 Å². The van der Waals surface area contributed by atoms with E-state index in [2.05, 4.69) is 24.4 Å². The van der Waals surface area contributed by atoms with Crippen LogP contribution in [0.4, 0.5) is 5.82 Å². The zero-order valence-electron chi connectivity index (χ0n) is 13.0. The Kier molecular flexibility index (Phi) is 4.53. The molecule has 0 amide bonds. The molecule has 0 spiro atoms. The number of anilines is 1. The molecule has 1 aliphatic heterocycles. The van der Waals surface area contributed by atoms with Gasteiger partial charge in [-0.15, -0.1) is 0 Å². The molecule has 0 N–H and O–H groups in total. The third-order valence-electron chi connectivity index (χ3n) is 3.79. The molecule has 1 atom stereocenters. The number of imidazole rings is 1. The van der Waals surface area contributed by atoms with Crippen LogP contribution in [0.15, 0.2) is 24.8 Å². The lowest BCUT2D eigenvalue weighted by Gasteiger charge is -2.24. The zero-order valence-corrected chi connectivity index (χ0v) is 13.0. The molecule has 0 saturated carbocycles. The summed E-state index contributed by atoms with van der Waals surface area (Å²) in [5.41, 5.74) is 0. The Hall–Kier alpha value is -2.15. The van der Waals surface area contributed by atoms with Gasteiger partial charge in [-0.25, -0.2) is 15.0 Å². The van der Waals surface area contributed by atoms with E-state index in [0.717, 1.165) is 44.5 Å². The molecular formula is C15H21N5O2. The maximum Gasteiger partial charge on any atom is 0.218 e. The molecule has 2 aromatic rings. The van der Waals surface area contributed by atoms with Crippen LogP contribution in [0, 0.1) is 5.92 Å². The second kappa shape index (κ2) is 6.74. The molecule has 1 aliphatic rings. The summed E-state index contributed by atoms with van der Waals surface area (Å²) in [5.74, 6) is 2.84. The predicted octanol–water partition coefficient (Wildman–Crippen LogP) is 1.35. The molecule has 118 valence electrons. The summed E-state index contributed by atoms with van der Waals surface area (Å²) < 4.78 is 13.0. The zero-order chi connectivity index (χ0) is 15.4. The van der Waals surface area contributed by atoms with Crippen molar-refractivity contribution in [3.63, 3.8) is 0 Å². The molecule has 0 aliphatic carbocycles. The molecule has 0 aromatic carbocycles. The highest BCUT2D eigenvalue weighted by molar-refractivity contribution is 5.41. The first-order valence-corrected chi connectivity index (χ1v) is 7.49. The Morgan fingerprint density at radius 3 is 3.00 bits per heavy atom. The number of hydrogen-bond donors (Lipinski definition) is 0. The highest BCUT2D eigenvalue weighted by atomic mass is 16.5. The Labute approximate surface area is 129 Å². The van der Waals surface area contributed by atoms with Gasteiger partial charge in [0, 0.05) is 44.1 Å². The number of rotatable bonds is 5. The van der Waals surface area contributed by atoms with Crippen LogP contribution in [-0.4, -0.2) is 46.4 Å². The summed E-state index contributed by atoms with van der Waals surface area (Å²) in [6, 6.07) is 1.86. The summed E-state index contributed by atoms with van der Waals surface area (Å²) in [7, 11) is 1.61. The molecule has 2 aromatic heterocycles. The van der Waals surface area contributed by atoms with Crippen molar-refractivity contribution in [3.05, 3.63) is 30.6 Å². The van der Waals surface area contributed by atoms with E-state index >= 15 is 0 Å². The molecule has 22 heavy (non-hydrogen) atoms. The van der Waals surface area contributed by atoms with E-state index < -0.39 is 0 Å². The normalized spacial score (nSPS) is 17.9. The van der Waals surface area contributed by atoms with Gasteiger partial charge in [-0.1, -0.05) is 0 Å². The maximum atomic E-state index is 5.63. The standard InChI is InChI=1S/C15H21N5O2/c1-3-22-10-12-7-19-5-4-16-14(19)9-20(8-12)13-6-15(21-2)18-11-17-13/h4-6,11-12H,3,7-10H2,1-2H3/t12-/m0/s1. The van der Waals surface area contributed by atoms with Crippen molar-refractivity contribution in [3.8, 4) is 5.88 Å². The summed E-state index contributed by atoms with van der Waals surface area (Å²) in [6.45, 7) is 5.97. The molecule has 7 heteroatoms. The fraction of sp³-hybridized carbons (Fsp3) is 0.533. The highest BCUT2D eigenvalue weighted by Gasteiger charge is 2.23. The van der Waals surface area contributed by atoms with Crippen molar-refractivity contribution in [1.29, 1.82) is 0 Å². The van der Waals surface area contributed by atoms with E-state index in [1.807, 2.05) is 25.4 Å². The van der Waals surface area contributed by atoms with Crippen LogP contribution < -0.4 is 9.64 Å². The van der Waals surface area contributed by atoms with Crippen LogP contribution in [0.2, 0.25) is 0 Å². The summed E-state index contributed by atoms with van der Waals surface area (Å²) >= 11 is 0. The topological polar surface area (TPSA) is 65.3 Å². The van der Waals surface area contributed by atoms with E-state index in [0.29, 0.717) is 11.8 Å². The summed E-state index contributed by atoms with van der Waals surface area (Å²) in [5, 5.41) is 0. The van der Waals surface area contributed by atoms with Gasteiger partial charge in [0.2, 0.25) is 5.88 Å². The molecule has 0 fully saturated rings. The number of hydrogen-bond acceptors (Lipinski definition) is 6. The second-order valence-electron chi connectivity index (χ2n) is 5.32. The number of methoxy groups -OCH3 is 1. The van der Waals surface area contributed by atoms with Crippen LogP contribution >= 0.6 is 0 Å². The van der Waals surface area contributed by atoms with Crippen molar-refractivity contribution < 1.29 is 9.47 Å². The van der Waals surface area contributed by atoms with Gasteiger partial charge in [-0.3, -0.25) is 0 Å². The minimum absolute atomic E-state index is 0.386. The van der Waals surface area contributed by atoms with E-state index in [4.69, 9.17) is 9.47 Å². The van der Waals surface area contributed by atoms with E-state index in [1.54, 1.807) is 7.11 Å². The van der Waals surface area contributed by atoms with Gasteiger partial charge in [0.05, 0.1) is 20.3 Å². The van der Waals surface area contributed by atoms with Gasteiger partial charge < -0.3 is 18.9 Å². The fourth-order valence-electron chi connectivity index (χ4n) is 2.72. The van der Waals surface area contributed by atoms with E-state index in [9.17, 15) is 0 Å². The Morgan fingerprint density at radius 1 is 1.27 bits per heavy atom. The van der Waals surface area contributed by atoms with Crippen molar-refractivity contribution >= 4 is 5.82 Å².